The van der Waals surface area contributed by atoms with E-state index in [1.165, 1.54) is 48.9 Å². The van der Waals surface area contributed by atoms with Gasteiger partial charge in [-0.3, -0.25) is 4.79 Å². The summed E-state index contributed by atoms with van der Waals surface area (Å²) in [6.45, 7) is 5.31. The van der Waals surface area contributed by atoms with Gasteiger partial charge < -0.3 is 29.7 Å². The lowest BCUT2D eigenvalue weighted by molar-refractivity contribution is -0.126. The Balaban J connectivity index is 1.14. The predicted molar refractivity (Wildman–Crippen MR) is 143 cm³/mol. The van der Waals surface area contributed by atoms with Gasteiger partial charge in [-0.1, -0.05) is 12.1 Å². The van der Waals surface area contributed by atoms with Crippen molar-refractivity contribution in [3.05, 3.63) is 53.1 Å². The lowest BCUT2D eigenvalue weighted by Crippen LogP contribution is -2.48. The van der Waals surface area contributed by atoms with Crippen LogP contribution in [0.5, 0.6) is 11.5 Å². The van der Waals surface area contributed by atoms with E-state index < -0.39 is 6.10 Å². The number of carbonyl (C=O) groups is 1. The molecule has 0 saturated carbocycles. The maximum absolute atomic E-state index is 13.5. The van der Waals surface area contributed by atoms with Gasteiger partial charge in [-0.15, -0.1) is 0 Å². The van der Waals surface area contributed by atoms with E-state index in [-0.39, 0.29) is 17.9 Å². The standard InChI is InChI=1S/C30H39N3O4/c34-29(23-8-10-27-28(18-23)37-16-15-36-27)26(20-32-12-3-4-13-32)31-30(35)24-11-14-33(19-24)25-9-7-21-5-1-2-6-22(21)17-25/h7-10,17-18,24,26,29,34H,1-6,11-16,19-20H2,(H,31,35)/t24-,26?,29?/m1/s1. The van der Waals surface area contributed by atoms with Crippen LogP contribution in [0.4, 0.5) is 5.69 Å². The highest BCUT2D eigenvalue weighted by Crippen LogP contribution is 2.34. The monoisotopic (exact) mass is 505 g/mol. The highest BCUT2D eigenvalue weighted by molar-refractivity contribution is 5.80. The van der Waals surface area contributed by atoms with Crippen molar-refractivity contribution in [2.75, 3.05) is 50.8 Å². The summed E-state index contributed by atoms with van der Waals surface area (Å²) in [4.78, 5) is 18.2. The van der Waals surface area contributed by atoms with Crippen molar-refractivity contribution >= 4 is 11.6 Å². The van der Waals surface area contributed by atoms with Crippen LogP contribution in [0.3, 0.4) is 0 Å². The first kappa shape index (κ1) is 24.6. The molecule has 2 N–H and O–H groups in total. The van der Waals surface area contributed by atoms with Crippen molar-refractivity contribution in [3.8, 4) is 11.5 Å². The summed E-state index contributed by atoms with van der Waals surface area (Å²) >= 11 is 0. The molecule has 7 heteroatoms. The summed E-state index contributed by atoms with van der Waals surface area (Å²) in [5.41, 5.74) is 4.95. The molecule has 198 valence electrons. The molecular formula is C30H39N3O4. The smallest absolute Gasteiger partial charge is 0.225 e. The summed E-state index contributed by atoms with van der Waals surface area (Å²) < 4.78 is 11.4. The second kappa shape index (κ2) is 10.9. The molecule has 4 aliphatic rings. The highest BCUT2D eigenvalue weighted by Gasteiger charge is 2.33. The molecule has 2 saturated heterocycles. The Morgan fingerprint density at radius 2 is 1.73 bits per heavy atom. The normalized spacial score (nSPS) is 22.9. The minimum atomic E-state index is -0.821. The number of fused-ring (bicyclic) bond motifs is 2. The molecule has 3 atom stereocenters. The Morgan fingerprint density at radius 1 is 0.946 bits per heavy atom. The Hall–Kier alpha value is -2.77. The lowest BCUT2D eigenvalue weighted by atomic mass is 9.91. The molecule has 0 bridgehead atoms. The molecule has 7 nitrogen and oxygen atoms in total. The van der Waals surface area contributed by atoms with Crippen molar-refractivity contribution in [2.24, 2.45) is 5.92 Å². The second-order valence-corrected chi connectivity index (χ2v) is 11.1. The summed E-state index contributed by atoms with van der Waals surface area (Å²) in [6, 6.07) is 12.1. The lowest BCUT2D eigenvalue weighted by Gasteiger charge is -2.30. The van der Waals surface area contributed by atoms with Gasteiger partial charge in [0.1, 0.15) is 19.3 Å². The summed E-state index contributed by atoms with van der Waals surface area (Å²) in [7, 11) is 0. The number of aliphatic hydroxyl groups is 1. The Kier molecular flexibility index (Phi) is 7.25. The number of aliphatic hydroxyl groups excluding tert-OH is 1. The molecule has 2 aromatic rings. The fourth-order valence-corrected chi connectivity index (χ4v) is 6.37. The van der Waals surface area contributed by atoms with Crippen LogP contribution in [0.25, 0.3) is 0 Å². The zero-order valence-corrected chi connectivity index (χ0v) is 21.7. The van der Waals surface area contributed by atoms with Gasteiger partial charge in [0, 0.05) is 25.3 Å². The van der Waals surface area contributed by atoms with Crippen LogP contribution >= 0.6 is 0 Å². The van der Waals surface area contributed by atoms with E-state index in [9.17, 15) is 9.90 Å². The zero-order valence-electron chi connectivity index (χ0n) is 21.7. The number of carbonyl (C=O) groups excluding carboxylic acids is 1. The van der Waals surface area contributed by atoms with Gasteiger partial charge >= 0.3 is 0 Å². The van der Waals surface area contributed by atoms with Crippen LogP contribution in [0.2, 0.25) is 0 Å². The molecule has 6 rings (SSSR count). The molecule has 3 aliphatic heterocycles. The molecule has 1 amide bonds. The number of hydrogen-bond donors (Lipinski definition) is 2. The molecule has 1 aliphatic carbocycles. The van der Waals surface area contributed by atoms with Crippen LogP contribution in [0.1, 0.15) is 54.9 Å². The number of ether oxygens (including phenoxy) is 2. The molecule has 2 fully saturated rings. The Morgan fingerprint density at radius 3 is 2.57 bits per heavy atom. The van der Waals surface area contributed by atoms with E-state index in [1.807, 2.05) is 18.2 Å². The molecule has 2 unspecified atom stereocenters. The third kappa shape index (κ3) is 5.43. The van der Waals surface area contributed by atoms with Crippen molar-refractivity contribution in [1.29, 1.82) is 0 Å². The van der Waals surface area contributed by atoms with Gasteiger partial charge in [0.2, 0.25) is 5.91 Å². The SMILES string of the molecule is O=C(NC(CN1CCCC1)C(O)c1ccc2c(c1)OCCO2)[C@@H]1CCN(c2ccc3c(c2)CCCC3)C1. The van der Waals surface area contributed by atoms with E-state index in [4.69, 9.17) is 9.47 Å². The highest BCUT2D eigenvalue weighted by atomic mass is 16.6. The van der Waals surface area contributed by atoms with Crippen LogP contribution in [0.15, 0.2) is 36.4 Å². The molecular weight excluding hydrogens is 466 g/mol. The van der Waals surface area contributed by atoms with E-state index in [1.54, 1.807) is 0 Å². The number of aryl methyl sites for hydroxylation is 2. The quantitative estimate of drug-likeness (QED) is 0.600. The molecule has 0 aromatic heterocycles. The van der Waals surface area contributed by atoms with E-state index in [0.29, 0.717) is 31.3 Å². The minimum Gasteiger partial charge on any atom is -0.486 e. The number of amides is 1. The molecule has 2 aromatic carbocycles. The summed E-state index contributed by atoms with van der Waals surface area (Å²) in [5.74, 6) is 1.33. The summed E-state index contributed by atoms with van der Waals surface area (Å²) in [5, 5.41) is 14.7. The van der Waals surface area contributed by atoms with E-state index in [0.717, 1.165) is 44.6 Å². The third-order valence-corrected chi connectivity index (χ3v) is 8.53. The number of anilines is 1. The van der Waals surface area contributed by atoms with Gasteiger partial charge in [0.15, 0.2) is 11.5 Å². The molecule has 0 radical (unpaired) electrons. The topological polar surface area (TPSA) is 74.3 Å². The molecule has 37 heavy (non-hydrogen) atoms. The first-order valence-electron chi connectivity index (χ1n) is 14.1. The van der Waals surface area contributed by atoms with E-state index >= 15 is 0 Å². The first-order chi connectivity index (χ1) is 18.1. The maximum atomic E-state index is 13.5. The van der Waals surface area contributed by atoms with Crippen molar-refractivity contribution in [3.63, 3.8) is 0 Å². The number of likely N-dealkylation sites (tertiary alicyclic amines) is 1. The van der Waals surface area contributed by atoms with Crippen molar-refractivity contribution in [1.82, 2.24) is 10.2 Å². The third-order valence-electron chi connectivity index (χ3n) is 8.53. The van der Waals surface area contributed by atoms with Gasteiger partial charge in [-0.05, 0) is 99.0 Å². The number of rotatable bonds is 7. The first-order valence-corrected chi connectivity index (χ1v) is 14.1. The zero-order chi connectivity index (χ0) is 25.2. The minimum absolute atomic E-state index is 0.0428. The number of hydrogen-bond acceptors (Lipinski definition) is 6. The number of nitrogens with one attached hydrogen (secondary N) is 1. The maximum Gasteiger partial charge on any atom is 0.225 e. The van der Waals surface area contributed by atoms with Crippen LogP contribution in [-0.4, -0.2) is 67.9 Å². The Labute approximate surface area is 219 Å². The van der Waals surface area contributed by atoms with Crippen LogP contribution in [0, 0.1) is 5.92 Å². The second-order valence-electron chi connectivity index (χ2n) is 11.1. The molecule has 3 heterocycles. The largest absolute Gasteiger partial charge is 0.486 e. The average Bonchev–Trinajstić information content (AvgIpc) is 3.64. The van der Waals surface area contributed by atoms with Gasteiger partial charge in [0.05, 0.1) is 12.0 Å². The summed E-state index contributed by atoms with van der Waals surface area (Å²) in [6.07, 6.45) is 7.25. The predicted octanol–water partition coefficient (Wildman–Crippen LogP) is 3.48. The van der Waals surface area contributed by atoms with Crippen LogP contribution in [-0.2, 0) is 17.6 Å². The van der Waals surface area contributed by atoms with Gasteiger partial charge in [-0.25, -0.2) is 0 Å². The van der Waals surface area contributed by atoms with Crippen molar-refractivity contribution < 1.29 is 19.4 Å². The van der Waals surface area contributed by atoms with Crippen LogP contribution < -0.4 is 19.7 Å². The fourth-order valence-electron chi connectivity index (χ4n) is 6.37. The number of benzene rings is 2. The Bertz CT molecular complexity index is 1120. The van der Waals surface area contributed by atoms with Crippen molar-refractivity contribution in [2.45, 2.75) is 57.1 Å². The van der Waals surface area contributed by atoms with Gasteiger partial charge in [-0.2, -0.15) is 0 Å². The van der Waals surface area contributed by atoms with E-state index in [2.05, 4.69) is 33.3 Å². The van der Waals surface area contributed by atoms with Gasteiger partial charge in [0.25, 0.3) is 0 Å². The number of nitrogens with zero attached hydrogens (tertiary/aromatic N) is 2. The average molecular weight is 506 g/mol. The molecule has 0 spiro atoms. The fraction of sp³-hybridized carbons (Fsp3) is 0.567.